The Morgan fingerprint density at radius 1 is 1.69 bits per heavy atom. The molecule has 1 aromatic heterocycles. The Labute approximate surface area is 78.6 Å². The predicted octanol–water partition coefficient (Wildman–Crippen LogP) is -0.429. The molecule has 13 heavy (non-hydrogen) atoms. The molecule has 0 bridgehead atoms. The third-order valence-electron chi connectivity index (χ3n) is 1.43. The van der Waals surface area contributed by atoms with Crippen molar-refractivity contribution in [3.8, 4) is 0 Å². The fourth-order valence-electron chi connectivity index (χ4n) is 0.903. The number of hydrogen-bond acceptors (Lipinski definition) is 3. The van der Waals surface area contributed by atoms with Crippen molar-refractivity contribution < 1.29 is 5.11 Å². The topological polar surface area (TPSA) is 75.1 Å². The van der Waals surface area contributed by atoms with Crippen LogP contribution < -0.4 is 11.2 Å². The minimum absolute atomic E-state index is 0.0692. The average molecular weight is 205 g/mol. The summed E-state index contributed by atoms with van der Waals surface area (Å²) in [6.45, 7) is 1.64. The molecule has 0 aromatic carbocycles. The van der Waals surface area contributed by atoms with E-state index in [1.54, 1.807) is 0 Å². The lowest BCUT2D eigenvalue weighted by Gasteiger charge is -2.06. The summed E-state index contributed by atoms with van der Waals surface area (Å²) in [5.74, 6) is 0. The maximum Gasteiger partial charge on any atom is 0.328 e. The van der Waals surface area contributed by atoms with Gasteiger partial charge in [-0.25, -0.2) is 4.79 Å². The first kappa shape index (κ1) is 10.0. The molecule has 0 aliphatic heterocycles. The second-order valence-electron chi connectivity index (χ2n) is 2.74. The van der Waals surface area contributed by atoms with Crippen molar-refractivity contribution in [2.45, 2.75) is 19.6 Å². The standard InChI is InChI=1S/C7H9ClN2O3/c1-4(11)2-10-3-5(8)6(12)9-7(10)13/h3-4,11H,2H2,1H3,(H,9,12,13). The molecule has 1 aromatic rings. The van der Waals surface area contributed by atoms with Crippen molar-refractivity contribution >= 4 is 11.6 Å². The molecular formula is C7H9ClN2O3. The van der Waals surface area contributed by atoms with E-state index in [0.29, 0.717) is 0 Å². The van der Waals surface area contributed by atoms with Gasteiger partial charge in [-0.05, 0) is 6.92 Å². The summed E-state index contributed by atoms with van der Waals surface area (Å²) in [6.07, 6.45) is 0.537. The summed E-state index contributed by atoms with van der Waals surface area (Å²) >= 11 is 5.48. The summed E-state index contributed by atoms with van der Waals surface area (Å²) in [5, 5.41) is 8.93. The second-order valence-corrected chi connectivity index (χ2v) is 3.14. The molecule has 0 aliphatic carbocycles. The van der Waals surface area contributed by atoms with Crippen LogP contribution in [-0.4, -0.2) is 20.8 Å². The van der Waals surface area contributed by atoms with Crippen molar-refractivity contribution in [3.05, 3.63) is 32.1 Å². The lowest BCUT2D eigenvalue weighted by atomic mass is 10.4. The van der Waals surface area contributed by atoms with Gasteiger partial charge < -0.3 is 5.11 Å². The van der Waals surface area contributed by atoms with Gasteiger partial charge in [-0.15, -0.1) is 0 Å². The van der Waals surface area contributed by atoms with Crippen molar-refractivity contribution in [3.63, 3.8) is 0 Å². The largest absolute Gasteiger partial charge is 0.392 e. The zero-order valence-corrected chi connectivity index (χ0v) is 7.71. The Kier molecular flexibility index (Phi) is 2.90. The van der Waals surface area contributed by atoms with E-state index in [-0.39, 0.29) is 11.6 Å². The monoisotopic (exact) mass is 204 g/mol. The Morgan fingerprint density at radius 2 is 2.31 bits per heavy atom. The molecule has 0 spiro atoms. The van der Waals surface area contributed by atoms with Gasteiger partial charge in [0.25, 0.3) is 5.56 Å². The van der Waals surface area contributed by atoms with Crippen LogP contribution in [0.3, 0.4) is 0 Å². The smallest absolute Gasteiger partial charge is 0.328 e. The number of aliphatic hydroxyl groups is 1. The molecule has 0 amide bonds. The van der Waals surface area contributed by atoms with Gasteiger partial charge in [0.15, 0.2) is 0 Å². The van der Waals surface area contributed by atoms with Gasteiger partial charge >= 0.3 is 5.69 Å². The predicted molar refractivity (Wildman–Crippen MR) is 48.0 cm³/mol. The quantitative estimate of drug-likeness (QED) is 0.687. The van der Waals surface area contributed by atoms with Crippen LogP contribution in [-0.2, 0) is 6.54 Å². The third-order valence-corrected chi connectivity index (χ3v) is 1.70. The molecule has 1 heterocycles. The SMILES string of the molecule is CC(O)Cn1cc(Cl)c(=O)[nH]c1=O. The third kappa shape index (κ3) is 2.43. The van der Waals surface area contributed by atoms with E-state index in [9.17, 15) is 9.59 Å². The molecule has 1 atom stereocenters. The molecule has 1 rings (SSSR count). The van der Waals surface area contributed by atoms with Crippen LogP contribution in [0.4, 0.5) is 0 Å². The Bertz CT molecular complexity index is 407. The van der Waals surface area contributed by atoms with Crippen molar-refractivity contribution in [1.29, 1.82) is 0 Å². The fourth-order valence-corrected chi connectivity index (χ4v) is 1.07. The van der Waals surface area contributed by atoms with Gasteiger partial charge in [-0.2, -0.15) is 0 Å². The zero-order chi connectivity index (χ0) is 10.0. The number of nitrogens with zero attached hydrogens (tertiary/aromatic N) is 1. The maximum atomic E-state index is 11.1. The zero-order valence-electron chi connectivity index (χ0n) is 6.95. The minimum Gasteiger partial charge on any atom is -0.392 e. The van der Waals surface area contributed by atoms with Crippen LogP contribution in [0.5, 0.6) is 0 Å². The molecule has 72 valence electrons. The number of H-pyrrole nitrogens is 1. The summed E-state index contributed by atoms with van der Waals surface area (Å²) in [7, 11) is 0. The highest BCUT2D eigenvalue weighted by Crippen LogP contribution is 1.96. The van der Waals surface area contributed by atoms with Crippen LogP contribution in [0.15, 0.2) is 15.8 Å². The van der Waals surface area contributed by atoms with Crippen LogP contribution in [0.1, 0.15) is 6.92 Å². The van der Waals surface area contributed by atoms with E-state index < -0.39 is 17.4 Å². The number of rotatable bonds is 2. The number of aromatic amines is 1. The number of aromatic nitrogens is 2. The highest BCUT2D eigenvalue weighted by atomic mass is 35.5. The van der Waals surface area contributed by atoms with E-state index in [1.807, 2.05) is 4.98 Å². The molecule has 0 saturated heterocycles. The van der Waals surface area contributed by atoms with Crippen molar-refractivity contribution in [1.82, 2.24) is 9.55 Å². The molecule has 1 unspecified atom stereocenters. The molecule has 0 radical (unpaired) electrons. The van der Waals surface area contributed by atoms with Crippen LogP contribution in [0.25, 0.3) is 0 Å². The Balaban J connectivity index is 3.17. The fraction of sp³-hybridized carbons (Fsp3) is 0.429. The van der Waals surface area contributed by atoms with E-state index in [0.717, 1.165) is 4.57 Å². The van der Waals surface area contributed by atoms with E-state index in [1.165, 1.54) is 13.1 Å². The van der Waals surface area contributed by atoms with Gasteiger partial charge in [0, 0.05) is 6.20 Å². The number of nitrogens with one attached hydrogen (secondary N) is 1. The normalized spacial score (nSPS) is 12.8. The first-order chi connectivity index (χ1) is 6.00. The highest BCUT2D eigenvalue weighted by molar-refractivity contribution is 6.30. The van der Waals surface area contributed by atoms with Crippen molar-refractivity contribution in [2.75, 3.05) is 0 Å². The van der Waals surface area contributed by atoms with Gasteiger partial charge in [0.05, 0.1) is 12.6 Å². The van der Waals surface area contributed by atoms with Crippen LogP contribution in [0, 0.1) is 0 Å². The minimum atomic E-state index is -0.667. The summed E-state index contributed by atoms with van der Waals surface area (Å²) in [5.41, 5.74) is -1.19. The summed E-state index contributed by atoms with van der Waals surface area (Å²) in [4.78, 5) is 23.9. The number of aliphatic hydroxyl groups excluding tert-OH is 1. The van der Waals surface area contributed by atoms with Crippen molar-refractivity contribution in [2.24, 2.45) is 0 Å². The van der Waals surface area contributed by atoms with Gasteiger partial charge in [-0.3, -0.25) is 14.3 Å². The van der Waals surface area contributed by atoms with E-state index in [4.69, 9.17) is 16.7 Å². The summed E-state index contributed by atoms with van der Waals surface area (Å²) < 4.78 is 1.15. The molecule has 2 N–H and O–H groups in total. The second kappa shape index (κ2) is 3.76. The van der Waals surface area contributed by atoms with Gasteiger partial charge in [0.2, 0.25) is 0 Å². The first-order valence-electron chi connectivity index (χ1n) is 3.68. The average Bonchev–Trinajstić information content (AvgIpc) is 1.99. The molecule has 0 fully saturated rings. The van der Waals surface area contributed by atoms with Gasteiger partial charge in [0.1, 0.15) is 5.02 Å². The number of halogens is 1. The molecule has 6 heteroatoms. The lowest BCUT2D eigenvalue weighted by molar-refractivity contribution is 0.171. The summed E-state index contributed by atoms with van der Waals surface area (Å²) in [6, 6.07) is 0. The van der Waals surface area contributed by atoms with Gasteiger partial charge in [-0.1, -0.05) is 11.6 Å². The lowest BCUT2D eigenvalue weighted by Crippen LogP contribution is -2.32. The highest BCUT2D eigenvalue weighted by Gasteiger charge is 2.03. The molecule has 0 saturated carbocycles. The Hall–Kier alpha value is -1.07. The maximum absolute atomic E-state index is 11.1. The van der Waals surface area contributed by atoms with E-state index in [2.05, 4.69) is 0 Å². The molecule has 5 nitrogen and oxygen atoms in total. The Morgan fingerprint density at radius 3 is 2.85 bits per heavy atom. The molecular weight excluding hydrogens is 196 g/mol. The van der Waals surface area contributed by atoms with Crippen LogP contribution >= 0.6 is 11.6 Å². The number of hydrogen-bond donors (Lipinski definition) is 2. The first-order valence-corrected chi connectivity index (χ1v) is 4.06. The van der Waals surface area contributed by atoms with Crippen LogP contribution in [0.2, 0.25) is 5.02 Å². The molecule has 0 aliphatic rings. The van der Waals surface area contributed by atoms with E-state index >= 15 is 0 Å².